The minimum absolute atomic E-state index is 0.259. The van der Waals surface area contributed by atoms with E-state index in [0.29, 0.717) is 23.7 Å². The summed E-state index contributed by atoms with van der Waals surface area (Å²) in [7, 11) is 0. The third kappa shape index (κ3) is 3.12. The number of hydrogen-bond acceptors (Lipinski definition) is 3. The molecule has 5 nitrogen and oxygen atoms in total. The third-order valence-corrected chi connectivity index (χ3v) is 5.08. The summed E-state index contributed by atoms with van der Waals surface area (Å²) in [5.41, 5.74) is 4.32. The molecule has 0 spiro atoms. The van der Waals surface area contributed by atoms with Crippen molar-refractivity contribution < 1.29 is 4.79 Å². The number of piperidine rings is 1. The first-order chi connectivity index (χ1) is 12.8. The van der Waals surface area contributed by atoms with Crippen molar-refractivity contribution in [2.24, 2.45) is 10.9 Å². The lowest BCUT2D eigenvalue weighted by atomic mass is 9.87. The molecule has 0 unspecified atom stereocenters. The predicted octanol–water partition coefficient (Wildman–Crippen LogP) is 3.49. The van der Waals surface area contributed by atoms with Gasteiger partial charge in [0.05, 0.1) is 23.9 Å². The molecule has 0 radical (unpaired) electrons. The zero-order chi connectivity index (χ0) is 17.9. The lowest BCUT2D eigenvalue weighted by molar-refractivity contribution is 0.254. The van der Waals surface area contributed by atoms with E-state index in [1.54, 1.807) is 23.1 Å². The fraction of sp³-hybridized carbons (Fsp3) is 0.286. The van der Waals surface area contributed by atoms with Crippen LogP contribution in [0.1, 0.15) is 29.5 Å². The normalized spacial score (nSPS) is 17.9. The first-order valence-electron chi connectivity index (χ1n) is 8.95. The summed E-state index contributed by atoms with van der Waals surface area (Å²) in [5, 5.41) is 12.5. The van der Waals surface area contributed by atoms with Gasteiger partial charge in [-0.2, -0.15) is 10.3 Å². The molecular weight excluding hydrogens is 324 g/mol. The van der Waals surface area contributed by atoms with Crippen molar-refractivity contribution in [3.63, 3.8) is 0 Å². The second-order valence-electron chi connectivity index (χ2n) is 6.71. The van der Waals surface area contributed by atoms with E-state index in [0.717, 1.165) is 42.8 Å². The number of nitrogens with zero attached hydrogens (tertiary/aromatic N) is 3. The van der Waals surface area contributed by atoms with E-state index in [1.165, 1.54) is 0 Å². The Morgan fingerprint density at radius 3 is 2.73 bits per heavy atom. The van der Waals surface area contributed by atoms with Crippen molar-refractivity contribution in [3.8, 4) is 6.07 Å². The zero-order valence-corrected chi connectivity index (χ0v) is 14.5. The molecule has 2 aromatic rings. The van der Waals surface area contributed by atoms with Crippen LogP contribution in [0.15, 0.2) is 53.5 Å². The average molecular weight is 344 g/mol. The number of rotatable bonds is 2. The summed E-state index contributed by atoms with van der Waals surface area (Å²) in [6, 6.07) is 17.1. The van der Waals surface area contributed by atoms with Crippen LogP contribution in [-0.2, 0) is 6.54 Å². The molecule has 2 aromatic carbocycles. The number of carbonyl (C=O) groups is 1. The number of fused-ring (bicyclic) bond motifs is 1. The topological polar surface area (TPSA) is 68.5 Å². The maximum Gasteiger partial charge on any atom is 0.348 e. The van der Waals surface area contributed by atoms with E-state index in [9.17, 15) is 4.79 Å². The molecule has 0 aromatic heterocycles. The smallest absolute Gasteiger partial charge is 0.317 e. The number of anilines is 1. The molecule has 0 aliphatic carbocycles. The summed E-state index contributed by atoms with van der Waals surface area (Å²) in [5.74, 6) is 0.298. The lowest BCUT2D eigenvalue weighted by Crippen LogP contribution is -2.33. The Bertz CT molecular complexity index is 906. The van der Waals surface area contributed by atoms with Crippen LogP contribution in [0, 0.1) is 17.2 Å². The molecule has 26 heavy (non-hydrogen) atoms. The number of amides is 2. The molecule has 0 saturated carbocycles. The minimum Gasteiger partial charge on any atom is -0.317 e. The van der Waals surface area contributed by atoms with Gasteiger partial charge in [0.2, 0.25) is 0 Å². The number of urea groups is 1. The number of carbonyl (C=O) groups excluding carboxylic acids is 1. The zero-order valence-electron chi connectivity index (χ0n) is 14.5. The van der Waals surface area contributed by atoms with Crippen LogP contribution in [0.5, 0.6) is 0 Å². The first kappa shape index (κ1) is 16.5. The van der Waals surface area contributed by atoms with Gasteiger partial charge in [0.1, 0.15) is 0 Å². The van der Waals surface area contributed by atoms with Crippen LogP contribution in [0.25, 0.3) is 0 Å². The quantitative estimate of drug-likeness (QED) is 0.907. The highest BCUT2D eigenvalue weighted by atomic mass is 16.2. The number of aliphatic imine (C=N–C) groups is 1. The van der Waals surface area contributed by atoms with Crippen LogP contribution in [0.4, 0.5) is 10.5 Å². The van der Waals surface area contributed by atoms with Crippen molar-refractivity contribution in [2.45, 2.75) is 19.4 Å². The van der Waals surface area contributed by atoms with Gasteiger partial charge in [-0.1, -0.05) is 30.3 Å². The predicted molar refractivity (Wildman–Crippen MR) is 101 cm³/mol. The summed E-state index contributed by atoms with van der Waals surface area (Å²) in [6.45, 7) is 2.36. The van der Waals surface area contributed by atoms with Gasteiger partial charge < -0.3 is 5.32 Å². The summed E-state index contributed by atoms with van der Waals surface area (Å²) in [4.78, 5) is 19.2. The summed E-state index contributed by atoms with van der Waals surface area (Å²) in [6.07, 6.45) is 1.98. The van der Waals surface area contributed by atoms with Crippen molar-refractivity contribution >= 4 is 17.4 Å². The van der Waals surface area contributed by atoms with Crippen molar-refractivity contribution in [3.05, 3.63) is 65.2 Å². The molecule has 1 fully saturated rings. The SMILES string of the molecule is N#Cc1cccc(N2Cc3ccccc3C(C3CCNCC3)=NC2=O)c1. The van der Waals surface area contributed by atoms with Crippen molar-refractivity contribution in [2.75, 3.05) is 18.0 Å². The van der Waals surface area contributed by atoms with E-state index in [-0.39, 0.29) is 6.03 Å². The Labute approximate surface area is 153 Å². The van der Waals surface area contributed by atoms with Gasteiger partial charge >= 0.3 is 6.03 Å². The van der Waals surface area contributed by atoms with Gasteiger partial charge in [-0.15, -0.1) is 0 Å². The molecule has 2 aliphatic rings. The molecule has 0 atom stereocenters. The van der Waals surface area contributed by atoms with Crippen LogP contribution >= 0.6 is 0 Å². The molecular formula is C21H20N4O. The average Bonchev–Trinajstić information content (AvgIpc) is 2.85. The Kier molecular flexibility index (Phi) is 4.51. The number of nitriles is 1. The molecule has 1 saturated heterocycles. The van der Waals surface area contributed by atoms with E-state index in [4.69, 9.17) is 5.26 Å². The summed E-state index contributed by atoms with van der Waals surface area (Å²) >= 11 is 0. The van der Waals surface area contributed by atoms with Crippen molar-refractivity contribution in [1.29, 1.82) is 5.26 Å². The molecule has 2 heterocycles. The van der Waals surface area contributed by atoms with Crippen LogP contribution in [0.2, 0.25) is 0 Å². The fourth-order valence-electron chi connectivity index (χ4n) is 3.72. The van der Waals surface area contributed by atoms with Gasteiger partial charge in [-0.25, -0.2) is 4.79 Å². The van der Waals surface area contributed by atoms with Gasteiger partial charge in [0.15, 0.2) is 0 Å². The molecule has 2 aliphatic heterocycles. The number of nitrogens with one attached hydrogen (secondary N) is 1. The molecule has 1 N–H and O–H groups in total. The van der Waals surface area contributed by atoms with E-state index in [2.05, 4.69) is 28.5 Å². The first-order valence-corrected chi connectivity index (χ1v) is 8.95. The molecule has 5 heteroatoms. The van der Waals surface area contributed by atoms with Gasteiger partial charge in [0, 0.05) is 17.2 Å². The minimum atomic E-state index is -0.259. The Morgan fingerprint density at radius 1 is 1.12 bits per heavy atom. The van der Waals surface area contributed by atoms with Gasteiger partial charge in [0.25, 0.3) is 0 Å². The third-order valence-electron chi connectivity index (χ3n) is 5.08. The second kappa shape index (κ2) is 7.11. The maximum absolute atomic E-state index is 13.0. The Balaban J connectivity index is 1.78. The Hall–Kier alpha value is -2.97. The van der Waals surface area contributed by atoms with Crippen LogP contribution in [0.3, 0.4) is 0 Å². The summed E-state index contributed by atoms with van der Waals surface area (Å²) < 4.78 is 0. The lowest BCUT2D eigenvalue weighted by Gasteiger charge is -2.24. The second-order valence-corrected chi connectivity index (χ2v) is 6.71. The maximum atomic E-state index is 13.0. The highest BCUT2D eigenvalue weighted by Crippen LogP contribution is 2.28. The van der Waals surface area contributed by atoms with E-state index in [1.807, 2.05) is 18.2 Å². The van der Waals surface area contributed by atoms with Gasteiger partial charge in [-0.05, 0) is 49.7 Å². The fourth-order valence-corrected chi connectivity index (χ4v) is 3.72. The molecule has 4 rings (SSSR count). The van der Waals surface area contributed by atoms with Crippen LogP contribution < -0.4 is 10.2 Å². The monoisotopic (exact) mass is 344 g/mol. The molecule has 0 bridgehead atoms. The largest absolute Gasteiger partial charge is 0.348 e. The number of hydrogen-bond donors (Lipinski definition) is 1. The van der Waals surface area contributed by atoms with Crippen LogP contribution in [-0.4, -0.2) is 24.8 Å². The van der Waals surface area contributed by atoms with E-state index < -0.39 is 0 Å². The number of benzene rings is 2. The van der Waals surface area contributed by atoms with Crippen molar-refractivity contribution in [1.82, 2.24) is 5.32 Å². The standard InChI is InChI=1S/C21H20N4O/c22-13-15-4-3-6-18(12-15)25-14-17-5-1-2-7-19(17)20(24-21(25)26)16-8-10-23-11-9-16/h1-7,12,16,23H,8-11,14H2. The van der Waals surface area contributed by atoms with Gasteiger partial charge in [-0.3, -0.25) is 4.90 Å². The van der Waals surface area contributed by atoms with E-state index >= 15 is 0 Å². The highest BCUT2D eigenvalue weighted by Gasteiger charge is 2.28. The molecule has 2 amide bonds. The highest BCUT2D eigenvalue weighted by molar-refractivity contribution is 6.12. The Morgan fingerprint density at radius 2 is 1.92 bits per heavy atom. The molecule has 130 valence electrons.